The van der Waals surface area contributed by atoms with Gasteiger partial charge in [-0.3, -0.25) is 0 Å². The van der Waals surface area contributed by atoms with E-state index in [1.807, 2.05) is 0 Å². The Kier molecular flexibility index (Phi) is 4.21. The summed E-state index contributed by atoms with van der Waals surface area (Å²) in [7, 11) is -3.06. The number of nitrogens with one attached hydrogen (secondary N) is 2. The van der Waals surface area contributed by atoms with Crippen LogP contribution in [0.25, 0.3) is 0 Å². The molecule has 0 amide bonds. The molecule has 0 aromatic heterocycles. The maximum atomic E-state index is 11.9. The van der Waals surface area contributed by atoms with E-state index in [-0.39, 0.29) is 5.25 Å². The highest BCUT2D eigenvalue weighted by molar-refractivity contribution is 7.90. The van der Waals surface area contributed by atoms with Crippen molar-refractivity contribution in [2.45, 2.75) is 43.8 Å². The molecule has 16 heavy (non-hydrogen) atoms. The molecule has 1 unspecified atom stereocenters. The molecule has 0 spiro atoms. The highest BCUT2D eigenvalue weighted by Gasteiger charge is 2.28. The first kappa shape index (κ1) is 12.3. The Bertz CT molecular complexity index is 304. The van der Waals surface area contributed by atoms with E-state index in [4.69, 9.17) is 0 Å². The quantitative estimate of drug-likeness (QED) is 0.756. The van der Waals surface area contributed by atoms with Crippen molar-refractivity contribution in [2.24, 2.45) is 5.92 Å². The molecular formula is C11H22N2O2S. The number of hydrogen-bond donors (Lipinski definition) is 2. The molecule has 1 aliphatic carbocycles. The summed E-state index contributed by atoms with van der Waals surface area (Å²) in [5.41, 5.74) is 0. The Balaban J connectivity index is 1.71. The van der Waals surface area contributed by atoms with Crippen LogP contribution in [0.15, 0.2) is 0 Å². The highest BCUT2D eigenvalue weighted by atomic mass is 32.2. The van der Waals surface area contributed by atoms with Crippen molar-refractivity contribution in [3.63, 3.8) is 0 Å². The van der Waals surface area contributed by atoms with Gasteiger partial charge in [0.2, 0.25) is 10.0 Å². The second-order valence-electron chi connectivity index (χ2n) is 4.99. The van der Waals surface area contributed by atoms with Crippen LogP contribution in [0.5, 0.6) is 0 Å². The second kappa shape index (κ2) is 5.47. The van der Waals surface area contributed by atoms with E-state index < -0.39 is 10.0 Å². The topological polar surface area (TPSA) is 58.2 Å². The van der Waals surface area contributed by atoms with Gasteiger partial charge in [-0.2, -0.15) is 0 Å². The van der Waals surface area contributed by atoms with Gasteiger partial charge in [-0.05, 0) is 25.3 Å². The van der Waals surface area contributed by atoms with Crippen molar-refractivity contribution >= 4 is 10.0 Å². The average molecular weight is 246 g/mol. The van der Waals surface area contributed by atoms with E-state index in [9.17, 15) is 8.42 Å². The maximum absolute atomic E-state index is 11.9. The van der Waals surface area contributed by atoms with Gasteiger partial charge in [-0.15, -0.1) is 0 Å². The monoisotopic (exact) mass is 246 g/mol. The van der Waals surface area contributed by atoms with E-state index >= 15 is 0 Å². The molecule has 94 valence electrons. The molecule has 2 aliphatic rings. The third-order valence-corrected chi connectivity index (χ3v) is 5.67. The van der Waals surface area contributed by atoms with Gasteiger partial charge in [-0.1, -0.05) is 25.7 Å². The lowest BCUT2D eigenvalue weighted by molar-refractivity contribution is 0.493. The Hall–Kier alpha value is -0.130. The fourth-order valence-corrected chi connectivity index (χ4v) is 4.12. The molecule has 1 atom stereocenters. The molecule has 1 heterocycles. The predicted octanol–water partition coefficient (Wildman–Crippen LogP) is 0.848. The van der Waals surface area contributed by atoms with Gasteiger partial charge in [-0.25, -0.2) is 13.1 Å². The zero-order valence-corrected chi connectivity index (χ0v) is 10.6. The smallest absolute Gasteiger partial charge is 0.215 e. The summed E-state index contributed by atoms with van der Waals surface area (Å²) >= 11 is 0. The molecule has 2 N–H and O–H groups in total. The highest BCUT2D eigenvalue weighted by Crippen LogP contribution is 2.27. The van der Waals surface area contributed by atoms with Crippen LogP contribution in [0.1, 0.15) is 38.5 Å². The Morgan fingerprint density at radius 2 is 1.94 bits per heavy atom. The second-order valence-corrected chi connectivity index (χ2v) is 7.04. The van der Waals surface area contributed by atoms with Crippen LogP contribution in [-0.2, 0) is 10.0 Å². The summed E-state index contributed by atoms with van der Waals surface area (Å²) in [4.78, 5) is 0. The largest absolute Gasteiger partial charge is 0.315 e. The molecule has 0 aromatic carbocycles. The lowest BCUT2D eigenvalue weighted by Gasteiger charge is -2.13. The molecule has 2 rings (SSSR count). The summed E-state index contributed by atoms with van der Waals surface area (Å²) in [6.45, 7) is 2.07. The van der Waals surface area contributed by atoms with Gasteiger partial charge in [0.05, 0.1) is 5.25 Å². The lowest BCUT2D eigenvalue weighted by Crippen LogP contribution is -2.36. The summed E-state index contributed by atoms with van der Waals surface area (Å²) in [6, 6.07) is 0. The van der Waals surface area contributed by atoms with Crippen molar-refractivity contribution in [2.75, 3.05) is 19.6 Å². The van der Waals surface area contributed by atoms with E-state index in [1.54, 1.807) is 0 Å². The van der Waals surface area contributed by atoms with Gasteiger partial charge in [0, 0.05) is 13.1 Å². The Labute approximate surface area is 98.2 Å². The Morgan fingerprint density at radius 3 is 2.56 bits per heavy atom. The number of rotatable bonds is 5. The molecule has 0 bridgehead atoms. The van der Waals surface area contributed by atoms with E-state index in [0.717, 1.165) is 25.3 Å². The predicted molar refractivity (Wildman–Crippen MR) is 64.8 cm³/mol. The van der Waals surface area contributed by atoms with Crippen LogP contribution in [-0.4, -0.2) is 33.3 Å². The van der Waals surface area contributed by atoms with Crippen molar-refractivity contribution < 1.29 is 8.42 Å². The van der Waals surface area contributed by atoms with Gasteiger partial charge in [0.1, 0.15) is 0 Å². The lowest BCUT2D eigenvalue weighted by atomic mass is 10.1. The van der Waals surface area contributed by atoms with Crippen LogP contribution in [0.4, 0.5) is 0 Å². The summed E-state index contributed by atoms with van der Waals surface area (Å²) in [5.74, 6) is 0.754. The van der Waals surface area contributed by atoms with Crippen LogP contribution >= 0.6 is 0 Å². The van der Waals surface area contributed by atoms with Gasteiger partial charge in [0.25, 0.3) is 0 Å². The average Bonchev–Trinajstić information content (AvgIpc) is 2.90. The van der Waals surface area contributed by atoms with Crippen LogP contribution in [0.2, 0.25) is 0 Å². The van der Waals surface area contributed by atoms with E-state index in [0.29, 0.717) is 13.1 Å². The molecular weight excluding hydrogens is 224 g/mol. The maximum Gasteiger partial charge on any atom is 0.215 e. The van der Waals surface area contributed by atoms with Gasteiger partial charge < -0.3 is 5.32 Å². The fraction of sp³-hybridized carbons (Fsp3) is 1.00. The van der Waals surface area contributed by atoms with Crippen LogP contribution in [0.3, 0.4) is 0 Å². The minimum atomic E-state index is -3.06. The third kappa shape index (κ3) is 3.18. The number of sulfonamides is 1. The Morgan fingerprint density at radius 1 is 1.19 bits per heavy atom. The van der Waals surface area contributed by atoms with E-state index in [2.05, 4.69) is 10.0 Å². The van der Waals surface area contributed by atoms with Gasteiger partial charge in [0.15, 0.2) is 0 Å². The summed E-state index contributed by atoms with van der Waals surface area (Å²) < 4.78 is 26.5. The molecule has 1 saturated carbocycles. The van der Waals surface area contributed by atoms with Crippen molar-refractivity contribution in [1.29, 1.82) is 0 Å². The first-order valence-corrected chi connectivity index (χ1v) is 7.92. The molecule has 1 saturated heterocycles. The molecule has 0 aromatic rings. The first-order chi connectivity index (χ1) is 7.68. The summed E-state index contributed by atoms with van der Waals surface area (Å²) in [6.07, 6.45) is 6.98. The minimum absolute atomic E-state index is 0.212. The van der Waals surface area contributed by atoms with Crippen LogP contribution in [0, 0.1) is 5.92 Å². The van der Waals surface area contributed by atoms with Crippen LogP contribution < -0.4 is 10.0 Å². The molecule has 5 heteroatoms. The fourth-order valence-electron chi connectivity index (χ4n) is 2.72. The SMILES string of the molecule is O=S(=O)(NCCC1CCCC1)C1CCNC1. The van der Waals surface area contributed by atoms with Crippen molar-refractivity contribution in [1.82, 2.24) is 10.0 Å². The summed E-state index contributed by atoms with van der Waals surface area (Å²) in [5, 5.41) is 2.88. The first-order valence-electron chi connectivity index (χ1n) is 6.38. The molecule has 0 radical (unpaired) electrons. The standard InChI is InChI=1S/C11H22N2O2S/c14-16(15,11-6-7-12-9-11)13-8-5-10-3-1-2-4-10/h10-13H,1-9H2. The molecule has 1 aliphatic heterocycles. The van der Waals surface area contributed by atoms with E-state index in [1.165, 1.54) is 25.7 Å². The third-order valence-electron chi connectivity index (χ3n) is 3.78. The van der Waals surface area contributed by atoms with Crippen molar-refractivity contribution in [3.05, 3.63) is 0 Å². The van der Waals surface area contributed by atoms with Gasteiger partial charge >= 0.3 is 0 Å². The molecule has 2 fully saturated rings. The number of hydrogen-bond acceptors (Lipinski definition) is 3. The normalized spacial score (nSPS) is 27.6. The van der Waals surface area contributed by atoms with Crippen molar-refractivity contribution in [3.8, 4) is 0 Å². The molecule has 4 nitrogen and oxygen atoms in total. The zero-order valence-electron chi connectivity index (χ0n) is 9.74. The zero-order chi connectivity index (χ0) is 11.4. The minimum Gasteiger partial charge on any atom is -0.315 e.